The standard InChI is InChI=1S/C14H22N2O4S.ClH/c1-15-8-4-7-14(17)16-12-5-3-6-13(11-12)20-9-10-21(2,18)19;/h3,5-6,11,15H,4,7-10H2,1-2H3,(H,16,17);1H. The molecule has 0 unspecified atom stereocenters. The number of hydrogen-bond acceptors (Lipinski definition) is 5. The Kier molecular flexibility index (Phi) is 9.80. The SMILES string of the molecule is CNCCCC(=O)Nc1cccc(OCCS(C)(=O)=O)c1.Cl. The van der Waals surface area contributed by atoms with Crippen LogP contribution in [-0.4, -0.2) is 46.5 Å². The van der Waals surface area contributed by atoms with E-state index in [0.717, 1.165) is 19.2 Å². The maximum atomic E-state index is 11.7. The van der Waals surface area contributed by atoms with Gasteiger partial charge in [-0.2, -0.15) is 0 Å². The molecule has 1 aromatic carbocycles. The van der Waals surface area contributed by atoms with Crippen molar-refractivity contribution in [2.24, 2.45) is 0 Å². The number of carbonyl (C=O) groups is 1. The molecule has 0 atom stereocenters. The Morgan fingerprint density at radius 2 is 2.05 bits per heavy atom. The predicted octanol–water partition coefficient (Wildman–Crippen LogP) is 1.47. The molecule has 0 radical (unpaired) electrons. The van der Waals surface area contributed by atoms with Gasteiger partial charge in [-0.25, -0.2) is 8.42 Å². The molecule has 8 heteroatoms. The Morgan fingerprint density at radius 1 is 1.32 bits per heavy atom. The van der Waals surface area contributed by atoms with Crippen LogP contribution in [0.25, 0.3) is 0 Å². The van der Waals surface area contributed by atoms with Crippen LogP contribution in [-0.2, 0) is 14.6 Å². The second-order valence-corrected chi connectivity index (χ2v) is 7.02. The zero-order valence-electron chi connectivity index (χ0n) is 12.8. The molecule has 0 bridgehead atoms. The summed E-state index contributed by atoms with van der Waals surface area (Å²) in [6.45, 7) is 0.889. The average molecular weight is 351 g/mol. The number of halogens is 1. The van der Waals surface area contributed by atoms with Gasteiger partial charge in [-0.15, -0.1) is 12.4 Å². The quantitative estimate of drug-likeness (QED) is 0.659. The van der Waals surface area contributed by atoms with Crippen LogP contribution >= 0.6 is 12.4 Å². The summed E-state index contributed by atoms with van der Waals surface area (Å²) < 4.78 is 27.4. The number of hydrogen-bond donors (Lipinski definition) is 2. The first-order valence-electron chi connectivity index (χ1n) is 6.76. The second-order valence-electron chi connectivity index (χ2n) is 4.76. The van der Waals surface area contributed by atoms with Crippen LogP contribution in [0.4, 0.5) is 5.69 Å². The molecule has 0 aliphatic carbocycles. The Morgan fingerprint density at radius 3 is 2.68 bits per heavy atom. The summed E-state index contributed by atoms with van der Waals surface area (Å²) in [4.78, 5) is 11.7. The minimum atomic E-state index is -3.04. The van der Waals surface area contributed by atoms with E-state index in [-0.39, 0.29) is 30.7 Å². The van der Waals surface area contributed by atoms with Crippen molar-refractivity contribution in [2.45, 2.75) is 12.8 Å². The number of sulfone groups is 1. The Labute approximate surface area is 138 Å². The van der Waals surface area contributed by atoms with Crippen molar-refractivity contribution in [1.29, 1.82) is 0 Å². The van der Waals surface area contributed by atoms with Gasteiger partial charge in [-0.1, -0.05) is 6.07 Å². The fraction of sp³-hybridized carbons (Fsp3) is 0.500. The zero-order valence-corrected chi connectivity index (χ0v) is 14.4. The Balaban J connectivity index is 0.00000441. The highest BCUT2D eigenvalue weighted by atomic mass is 35.5. The number of benzene rings is 1. The molecular formula is C14H23ClN2O4S. The normalized spacial score (nSPS) is 10.6. The van der Waals surface area contributed by atoms with Crippen LogP contribution in [0.5, 0.6) is 5.75 Å². The van der Waals surface area contributed by atoms with E-state index >= 15 is 0 Å². The lowest BCUT2D eigenvalue weighted by molar-refractivity contribution is -0.116. The van der Waals surface area contributed by atoms with Gasteiger partial charge in [-0.05, 0) is 32.1 Å². The second kappa shape index (κ2) is 10.4. The van der Waals surface area contributed by atoms with Gasteiger partial charge in [0, 0.05) is 24.4 Å². The van der Waals surface area contributed by atoms with Crippen LogP contribution in [0, 0.1) is 0 Å². The fourth-order valence-corrected chi connectivity index (χ4v) is 2.01. The smallest absolute Gasteiger partial charge is 0.224 e. The van der Waals surface area contributed by atoms with Gasteiger partial charge in [0.25, 0.3) is 0 Å². The molecule has 0 saturated carbocycles. The van der Waals surface area contributed by atoms with Crippen molar-refractivity contribution in [3.8, 4) is 5.75 Å². The minimum Gasteiger partial charge on any atom is -0.492 e. The third-order valence-electron chi connectivity index (χ3n) is 2.67. The van der Waals surface area contributed by atoms with E-state index in [1.54, 1.807) is 24.3 Å². The third kappa shape index (κ3) is 9.59. The molecule has 22 heavy (non-hydrogen) atoms. The topological polar surface area (TPSA) is 84.5 Å². The molecule has 0 saturated heterocycles. The van der Waals surface area contributed by atoms with Gasteiger partial charge < -0.3 is 15.4 Å². The van der Waals surface area contributed by atoms with Gasteiger partial charge in [0.15, 0.2) is 9.84 Å². The first-order valence-corrected chi connectivity index (χ1v) is 8.82. The van der Waals surface area contributed by atoms with Crippen LogP contribution in [0.3, 0.4) is 0 Å². The van der Waals surface area contributed by atoms with Crippen molar-refractivity contribution < 1.29 is 17.9 Å². The van der Waals surface area contributed by atoms with Crippen molar-refractivity contribution in [1.82, 2.24) is 5.32 Å². The molecule has 1 amide bonds. The highest BCUT2D eigenvalue weighted by molar-refractivity contribution is 7.90. The lowest BCUT2D eigenvalue weighted by atomic mass is 10.2. The lowest BCUT2D eigenvalue weighted by Crippen LogP contribution is -2.15. The number of carbonyl (C=O) groups excluding carboxylic acids is 1. The maximum absolute atomic E-state index is 11.7. The number of ether oxygens (including phenoxy) is 1. The van der Waals surface area contributed by atoms with E-state index in [2.05, 4.69) is 10.6 Å². The fourth-order valence-electron chi connectivity index (χ4n) is 1.62. The molecular weight excluding hydrogens is 328 g/mol. The van der Waals surface area contributed by atoms with Crippen molar-refractivity contribution in [3.63, 3.8) is 0 Å². The molecule has 0 fully saturated rings. The number of rotatable bonds is 9. The molecule has 2 N–H and O–H groups in total. The minimum absolute atomic E-state index is 0. The first-order chi connectivity index (χ1) is 9.90. The van der Waals surface area contributed by atoms with Gasteiger partial charge in [0.05, 0.1) is 5.75 Å². The molecule has 1 rings (SSSR count). The summed E-state index contributed by atoms with van der Waals surface area (Å²) in [7, 11) is -1.19. The van der Waals surface area contributed by atoms with E-state index in [1.807, 2.05) is 7.05 Å². The number of anilines is 1. The van der Waals surface area contributed by atoms with Crippen molar-refractivity contribution in [2.75, 3.05) is 37.5 Å². The summed E-state index contributed by atoms with van der Waals surface area (Å²) in [5.74, 6) is 0.443. The van der Waals surface area contributed by atoms with E-state index < -0.39 is 9.84 Å². The predicted molar refractivity (Wildman–Crippen MR) is 90.7 cm³/mol. The van der Waals surface area contributed by atoms with Crippen molar-refractivity contribution in [3.05, 3.63) is 24.3 Å². The number of nitrogens with one attached hydrogen (secondary N) is 2. The maximum Gasteiger partial charge on any atom is 0.224 e. The Hall–Kier alpha value is -1.31. The van der Waals surface area contributed by atoms with E-state index in [9.17, 15) is 13.2 Å². The van der Waals surface area contributed by atoms with Gasteiger partial charge in [0.2, 0.25) is 5.91 Å². The van der Waals surface area contributed by atoms with Gasteiger partial charge in [0.1, 0.15) is 12.4 Å². The summed E-state index contributed by atoms with van der Waals surface area (Å²) in [6.07, 6.45) is 2.38. The molecule has 126 valence electrons. The lowest BCUT2D eigenvalue weighted by Gasteiger charge is -2.09. The van der Waals surface area contributed by atoms with Crippen LogP contribution < -0.4 is 15.4 Å². The highest BCUT2D eigenvalue weighted by Crippen LogP contribution is 2.17. The van der Waals surface area contributed by atoms with Crippen molar-refractivity contribution >= 4 is 33.8 Å². The third-order valence-corrected chi connectivity index (χ3v) is 3.58. The summed E-state index contributed by atoms with van der Waals surface area (Å²) in [5.41, 5.74) is 0.640. The van der Waals surface area contributed by atoms with Crippen LogP contribution in [0.2, 0.25) is 0 Å². The molecule has 0 aliphatic heterocycles. The Bertz CT molecular complexity index is 564. The number of amides is 1. The molecule has 0 heterocycles. The van der Waals surface area contributed by atoms with E-state index in [0.29, 0.717) is 17.9 Å². The molecule has 0 spiro atoms. The largest absolute Gasteiger partial charge is 0.492 e. The highest BCUT2D eigenvalue weighted by Gasteiger charge is 2.05. The monoisotopic (exact) mass is 350 g/mol. The summed E-state index contributed by atoms with van der Waals surface area (Å²) in [5, 5.41) is 5.77. The van der Waals surface area contributed by atoms with Gasteiger partial charge in [-0.3, -0.25) is 4.79 Å². The molecule has 0 aromatic heterocycles. The molecule has 1 aromatic rings. The summed E-state index contributed by atoms with van der Waals surface area (Å²) in [6, 6.07) is 6.91. The van der Waals surface area contributed by atoms with Crippen LogP contribution in [0.15, 0.2) is 24.3 Å². The summed E-state index contributed by atoms with van der Waals surface area (Å²) >= 11 is 0. The van der Waals surface area contributed by atoms with Crippen LogP contribution in [0.1, 0.15) is 12.8 Å². The zero-order chi connectivity index (χ0) is 15.7. The van der Waals surface area contributed by atoms with E-state index in [4.69, 9.17) is 4.74 Å². The average Bonchev–Trinajstić information content (AvgIpc) is 2.38. The van der Waals surface area contributed by atoms with Gasteiger partial charge >= 0.3 is 0 Å². The first kappa shape index (κ1) is 20.7. The molecule has 6 nitrogen and oxygen atoms in total. The van der Waals surface area contributed by atoms with E-state index in [1.165, 1.54) is 0 Å². The molecule has 0 aliphatic rings.